The molecule has 0 saturated carbocycles. The zero-order valence-electron chi connectivity index (χ0n) is 8.50. The lowest BCUT2D eigenvalue weighted by Crippen LogP contribution is -2.11. The zero-order chi connectivity index (χ0) is 12.4. The molecule has 6 heteroatoms. The fourth-order valence-corrected chi connectivity index (χ4v) is 1.81. The maximum absolute atomic E-state index is 11.8. The van der Waals surface area contributed by atoms with E-state index in [2.05, 4.69) is 26.2 Å². The standard InChI is InChI=1S/C11H8BrClN2O2/c12-6-3-9(14-5-6)11(17)15-7-1-2-10(16)8(13)4-7/h1-5,14,16H,(H,15,17). The third kappa shape index (κ3) is 2.81. The SMILES string of the molecule is O=C(Nc1ccc(O)c(Cl)c1)c1cc(Br)c[nH]1. The Hall–Kier alpha value is -1.46. The van der Waals surface area contributed by atoms with Crippen LogP contribution >= 0.6 is 27.5 Å². The number of carbonyl (C=O) groups excluding carboxylic acids is 1. The van der Waals surface area contributed by atoms with Gasteiger partial charge < -0.3 is 15.4 Å². The number of aromatic hydroxyl groups is 1. The van der Waals surface area contributed by atoms with Crippen molar-refractivity contribution in [3.8, 4) is 5.75 Å². The van der Waals surface area contributed by atoms with Crippen LogP contribution in [0, 0.1) is 0 Å². The number of aromatic amines is 1. The molecule has 88 valence electrons. The highest BCUT2D eigenvalue weighted by atomic mass is 79.9. The van der Waals surface area contributed by atoms with Gasteiger partial charge in [0.15, 0.2) is 0 Å². The van der Waals surface area contributed by atoms with E-state index in [0.717, 1.165) is 4.47 Å². The van der Waals surface area contributed by atoms with Crippen LogP contribution in [0.25, 0.3) is 0 Å². The summed E-state index contributed by atoms with van der Waals surface area (Å²) >= 11 is 8.97. The summed E-state index contributed by atoms with van der Waals surface area (Å²) in [6, 6.07) is 6.13. The van der Waals surface area contributed by atoms with Gasteiger partial charge in [-0.05, 0) is 40.2 Å². The van der Waals surface area contributed by atoms with Crippen LogP contribution in [0.4, 0.5) is 5.69 Å². The first kappa shape index (κ1) is 12.0. The molecular weight excluding hydrogens is 307 g/mol. The van der Waals surface area contributed by atoms with E-state index in [1.54, 1.807) is 18.3 Å². The predicted octanol–water partition coefficient (Wildman–Crippen LogP) is 3.39. The van der Waals surface area contributed by atoms with Crippen LogP contribution in [-0.2, 0) is 0 Å². The molecule has 2 aromatic rings. The van der Waals surface area contributed by atoms with Gasteiger partial charge in [0.1, 0.15) is 11.4 Å². The summed E-state index contributed by atoms with van der Waals surface area (Å²) in [6.07, 6.45) is 1.67. The number of hydrogen-bond acceptors (Lipinski definition) is 2. The molecule has 1 heterocycles. The van der Waals surface area contributed by atoms with Gasteiger partial charge in [0.2, 0.25) is 0 Å². The van der Waals surface area contributed by atoms with Crippen LogP contribution in [-0.4, -0.2) is 16.0 Å². The van der Waals surface area contributed by atoms with Crippen molar-refractivity contribution in [3.05, 3.63) is 45.7 Å². The molecule has 0 radical (unpaired) electrons. The first-order chi connectivity index (χ1) is 8.06. The number of aromatic nitrogens is 1. The Balaban J connectivity index is 2.15. The number of amides is 1. The maximum Gasteiger partial charge on any atom is 0.272 e. The van der Waals surface area contributed by atoms with Gasteiger partial charge in [0, 0.05) is 16.4 Å². The molecule has 0 aliphatic rings. The lowest BCUT2D eigenvalue weighted by molar-refractivity contribution is 0.102. The van der Waals surface area contributed by atoms with Crippen molar-refractivity contribution in [2.75, 3.05) is 5.32 Å². The van der Waals surface area contributed by atoms with Gasteiger partial charge in [-0.2, -0.15) is 0 Å². The number of nitrogens with one attached hydrogen (secondary N) is 2. The molecule has 0 aliphatic heterocycles. The molecule has 0 bridgehead atoms. The van der Waals surface area contributed by atoms with E-state index in [9.17, 15) is 9.90 Å². The number of anilines is 1. The molecule has 1 aromatic heterocycles. The Kier molecular flexibility index (Phi) is 3.40. The minimum absolute atomic E-state index is 0.0210. The van der Waals surface area contributed by atoms with Gasteiger partial charge in [-0.1, -0.05) is 11.6 Å². The summed E-state index contributed by atoms with van der Waals surface area (Å²) in [6.45, 7) is 0. The van der Waals surface area contributed by atoms with Crippen LogP contribution < -0.4 is 5.32 Å². The van der Waals surface area contributed by atoms with Crippen LogP contribution in [0.1, 0.15) is 10.5 Å². The lowest BCUT2D eigenvalue weighted by atomic mass is 10.3. The van der Waals surface area contributed by atoms with Crippen molar-refractivity contribution in [1.82, 2.24) is 4.98 Å². The molecule has 0 unspecified atom stereocenters. The molecule has 3 N–H and O–H groups in total. The van der Waals surface area contributed by atoms with Crippen molar-refractivity contribution in [3.63, 3.8) is 0 Å². The summed E-state index contributed by atoms with van der Waals surface area (Å²) in [4.78, 5) is 14.6. The highest BCUT2D eigenvalue weighted by Crippen LogP contribution is 2.26. The number of phenols is 1. The van der Waals surface area contributed by atoms with E-state index in [0.29, 0.717) is 11.4 Å². The van der Waals surface area contributed by atoms with Crippen LogP contribution in [0.2, 0.25) is 5.02 Å². The topological polar surface area (TPSA) is 65.1 Å². The summed E-state index contributed by atoms with van der Waals surface area (Å²) < 4.78 is 0.798. The summed E-state index contributed by atoms with van der Waals surface area (Å²) in [5, 5.41) is 12.1. The Labute approximate surface area is 111 Å². The third-order valence-electron chi connectivity index (χ3n) is 2.10. The molecule has 0 fully saturated rings. The second-order valence-corrected chi connectivity index (χ2v) is 4.67. The number of rotatable bonds is 2. The fraction of sp³-hybridized carbons (Fsp3) is 0. The molecule has 0 saturated heterocycles. The maximum atomic E-state index is 11.8. The molecule has 1 amide bonds. The van der Waals surface area contributed by atoms with E-state index >= 15 is 0 Å². The lowest BCUT2D eigenvalue weighted by Gasteiger charge is -2.04. The van der Waals surface area contributed by atoms with Crippen LogP contribution in [0.15, 0.2) is 34.9 Å². The van der Waals surface area contributed by atoms with Crippen molar-refractivity contribution in [2.24, 2.45) is 0 Å². The normalized spacial score (nSPS) is 10.2. The zero-order valence-corrected chi connectivity index (χ0v) is 10.8. The quantitative estimate of drug-likeness (QED) is 0.744. The molecular formula is C11H8BrClN2O2. The first-order valence-electron chi connectivity index (χ1n) is 4.70. The van der Waals surface area contributed by atoms with Crippen molar-refractivity contribution in [2.45, 2.75) is 0 Å². The van der Waals surface area contributed by atoms with Crippen LogP contribution in [0.3, 0.4) is 0 Å². The van der Waals surface area contributed by atoms with Gasteiger partial charge >= 0.3 is 0 Å². The largest absolute Gasteiger partial charge is 0.506 e. The van der Waals surface area contributed by atoms with E-state index in [1.807, 2.05) is 0 Å². The van der Waals surface area contributed by atoms with Crippen molar-refractivity contribution >= 4 is 39.1 Å². The van der Waals surface area contributed by atoms with E-state index in [-0.39, 0.29) is 16.7 Å². The Morgan fingerprint density at radius 1 is 1.41 bits per heavy atom. The number of carbonyl (C=O) groups is 1. The van der Waals surface area contributed by atoms with Gasteiger partial charge in [0.05, 0.1) is 5.02 Å². The minimum atomic E-state index is -0.280. The average Bonchev–Trinajstić information content (AvgIpc) is 2.70. The first-order valence-corrected chi connectivity index (χ1v) is 5.87. The smallest absolute Gasteiger partial charge is 0.272 e. The van der Waals surface area contributed by atoms with Gasteiger partial charge in [-0.25, -0.2) is 0 Å². The number of hydrogen-bond donors (Lipinski definition) is 3. The summed E-state index contributed by atoms with van der Waals surface area (Å²) in [5.74, 6) is -0.301. The number of phenolic OH excluding ortho intramolecular Hbond substituents is 1. The number of H-pyrrole nitrogens is 1. The van der Waals surface area contributed by atoms with E-state index in [1.165, 1.54) is 12.1 Å². The molecule has 17 heavy (non-hydrogen) atoms. The van der Waals surface area contributed by atoms with Gasteiger partial charge in [0.25, 0.3) is 5.91 Å². The van der Waals surface area contributed by atoms with E-state index < -0.39 is 0 Å². The molecule has 0 aliphatic carbocycles. The third-order valence-corrected chi connectivity index (χ3v) is 2.86. The summed E-state index contributed by atoms with van der Waals surface area (Å²) in [7, 11) is 0. The number of halogens is 2. The molecule has 0 atom stereocenters. The second kappa shape index (κ2) is 4.81. The van der Waals surface area contributed by atoms with Crippen molar-refractivity contribution in [1.29, 1.82) is 0 Å². The molecule has 0 spiro atoms. The molecule has 4 nitrogen and oxygen atoms in total. The summed E-state index contributed by atoms with van der Waals surface area (Å²) in [5.41, 5.74) is 0.949. The van der Waals surface area contributed by atoms with Gasteiger partial charge in [-0.3, -0.25) is 4.79 Å². The highest BCUT2D eigenvalue weighted by molar-refractivity contribution is 9.10. The Bertz CT molecular complexity index is 568. The van der Waals surface area contributed by atoms with Gasteiger partial charge in [-0.15, -0.1) is 0 Å². The molecule has 2 rings (SSSR count). The Morgan fingerprint density at radius 2 is 2.18 bits per heavy atom. The van der Waals surface area contributed by atoms with Crippen LogP contribution in [0.5, 0.6) is 5.75 Å². The minimum Gasteiger partial charge on any atom is -0.506 e. The van der Waals surface area contributed by atoms with E-state index in [4.69, 9.17) is 11.6 Å². The Morgan fingerprint density at radius 3 is 2.76 bits per heavy atom. The molecule has 1 aromatic carbocycles. The van der Waals surface area contributed by atoms with Crippen molar-refractivity contribution < 1.29 is 9.90 Å². The second-order valence-electron chi connectivity index (χ2n) is 3.35. The highest BCUT2D eigenvalue weighted by Gasteiger charge is 2.09. The average molecular weight is 316 g/mol. The number of benzene rings is 1. The predicted molar refractivity (Wildman–Crippen MR) is 69.6 cm³/mol. The monoisotopic (exact) mass is 314 g/mol. The fourth-order valence-electron chi connectivity index (χ4n) is 1.28.